The lowest BCUT2D eigenvalue weighted by Crippen LogP contribution is -2.22. The van der Waals surface area contributed by atoms with Crippen molar-refractivity contribution in [3.8, 4) is 0 Å². The van der Waals surface area contributed by atoms with Crippen LogP contribution in [0.2, 0.25) is 0 Å². The zero-order valence-corrected chi connectivity index (χ0v) is 14.2. The van der Waals surface area contributed by atoms with Gasteiger partial charge in [0.25, 0.3) is 0 Å². The van der Waals surface area contributed by atoms with E-state index < -0.39 is 0 Å². The number of rotatable bonds is 2. The number of hydrogen-bond donors (Lipinski definition) is 2. The summed E-state index contributed by atoms with van der Waals surface area (Å²) < 4.78 is 0. The van der Waals surface area contributed by atoms with Crippen molar-refractivity contribution in [1.82, 2.24) is 4.98 Å². The van der Waals surface area contributed by atoms with Gasteiger partial charge in [-0.1, -0.05) is 42.5 Å². The van der Waals surface area contributed by atoms with Crippen molar-refractivity contribution in [2.24, 2.45) is 10.7 Å². The van der Waals surface area contributed by atoms with Crippen LogP contribution in [0.25, 0.3) is 21.7 Å². The summed E-state index contributed by atoms with van der Waals surface area (Å²) in [6.07, 6.45) is 2.22. The Morgan fingerprint density at radius 2 is 1.73 bits per heavy atom. The van der Waals surface area contributed by atoms with Crippen LogP contribution >= 0.6 is 0 Å². The van der Waals surface area contributed by atoms with Crippen LogP contribution in [-0.2, 0) is 12.8 Å². The number of fused-ring (bicyclic) bond motifs is 1. The molecule has 1 heterocycles. The monoisotopic (exact) mass is 338 g/mol. The third-order valence-electron chi connectivity index (χ3n) is 4.96. The molecule has 0 atom stereocenters. The lowest BCUT2D eigenvalue weighted by Gasteiger charge is -2.11. The SMILES string of the molecule is NC(=Nc1ccc2ccccc2n1)Nc1ccc2c3c(cccc13)CC2. The first-order valence-corrected chi connectivity index (χ1v) is 8.78. The van der Waals surface area contributed by atoms with E-state index in [4.69, 9.17) is 5.73 Å². The highest BCUT2D eigenvalue weighted by atomic mass is 15.1. The Morgan fingerprint density at radius 3 is 2.65 bits per heavy atom. The first-order valence-electron chi connectivity index (χ1n) is 8.78. The van der Waals surface area contributed by atoms with Crippen LogP contribution in [0.1, 0.15) is 11.1 Å². The minimum atomic E-state index is 0.339. The molecule has 0 radical (unpaired) electrons. The van der Waals surface area contributed by atoms with E-state index in [2.05, 4.69) is 45.6 Å². The molecule has 1 aliphatic rings. The van der Waals surface area contributed by atoms with Gasteiger partial charge in [-0.3, -0.25) is 0 Å². The number of benzene rings is 3. The molecule has 1 aromatic heterocycles. The number of pyridine rings is 1. The van der Waals surface area contributed by atoms with E-state index in [1.165, 1.54) is 21.9 Å². The van der Waals surface area contributed by atoms with Crippen molar-refractivity contribution >= 4 is 39.1 Å². The van der Waals surface area contributed by atoms with Crippen LogP contribution in [0.3, 0.4) is 0 Å². The predicted molar refractivity (Wildman–Crippen MR) is 108 cm³/mol. The van der Waals surface area contributed by atoms with Gasteiger partial charge >= 0.3 is 0 Å². The number of nitrogens with two attached hydrogens (primary N) is 1. The quantitative estimate of drug-likeness (QED) is 0.416. The number of guanidine groups is 1. The topological polar surface area (TPSA) is 63.3 Å². The fraction of sp³-hybridized carbons (Fsp3) is 0.0909. The van der Waals surface area contributed by atoms with E-state index in [-0.39, 0.29) is 0 Å². The van der Waals surface area contributed by atoms with Crippen LogP contribution in [0.5, 0.6) is 0 Å². The van der Waals surface area contributed by atoms with E-state index in [0.29, 0.717) is 11.8 Å². The smallest absolute Gasteiger partial charge is 0.199 e. The van der Waals surface area contributed by atoms with Crippen LogP contribution in [0.15, 0.2) is 71.7 Å². The van der Waals surface area contributed by atoms with Gasteiger partial charge in [-0.25, -0.2) is 4.98 Å². The molecule has 0 aliphatic heterocycles. The van der Waals surface area contributed by atoms with Gasteiger partial charge in [0.2, 0.25) is 0 Å². The molecule has 0 bridgehead atoms. The zero-order valence-electron chi connectivity index (χ0n) is 14.2. The molecule has 0 saturated carbocycles. The number of anilines is 1. The Bertz CT molecular complexity index is 1170. The number of nitrogens with one attached hydrogen (secondary N) is 1. The second-order valence-corrected chi connectivity index (χ2v) is 6.60. The first-order chi connectivity index (χ1) is 12.8. The minimum absolute atomic E-state index is 0.339. The molecule has 0 spiro atoms. The van der Waals surface area contributed by atoms with Gasteiger partial charge in [0.1, 0.15) is 0 Å². The number of hydrogen-bond acceptors (Lipinski definition) is 2. The lowest BCUT2D eigenvalue weighted by molar-refractivity contribution is 1.02. The molecular weight excluding hydrogens is 320 g/mol. The number of para-hydroxylation sites is 1. The molecule has 5 rings (SSSR count). The molecule has 3 aromatic carbocycles. The number of aryl methyl sites for hydroxylation is 2. The Labute approximate surface area is 151 Å². The van der Waals surface area contributed by atoms with Crippen molar-refractivity contribution in [3.05, 3.63) is 77.9 Å². The molecule has 4 aromatic rings. The second-order valence-electron chi connectivity index (χ2n) is 6.60. The van der Waals surface area contributed by atoms with E-state index in [1.807, 2.05) is 36.4 Å². The fourth-order valence-electron chi connectivity index (χ4n) is 3.76. The third-order valence-corrected chi connectivity index (χ3v) is 4.96. The highest BCUT2D eigenvalue weighted by molar-refractivity contribution is 6.06. The maximum atomic E-state index is 6.16. The van der Waals surface area contributed by atoms with Gasteiger partial charge in [0.15, 0.2) is 11.8 Å². The van der Waals surface area contributed by atoms with E-state index in [0.717, 1.165) is 29.4 Å². The summed E-state index contributed by atoms with van der Waals surface area (Å²) in [7, 11) is 0. The zero-order chi connectivity index (χ0) is 17.5. The summed E-state index contributed by atoms with van der Waals surface area (Å²) in [4.78, 5) is 8.99. The normalized spacial score (nSPS) is 13.5. The van der Waals surface area contributed by atoms with Crippen molar-refractivity contribution < 1.29 is 0 Å². The molecule has 4 heteroatoms. The fourth-order valence-corrected chi connectivity index (χ4v) is 3.76. The van der Waals surface area contributed by atoms with Gasteiger partial charge in [0, 0.05) is 16.5 Å². The van der Waals surface area contributed by atoms with Crippen LogP contribution in [0, 0.1) is 0 Å². The van der Waals surface area contributed by atoms with Crippen LogP contribution in [-0.4, -0.2) is 10.9 Å². The van der Waals surface area contributed by atoms with Gasteiger partial charge < -0.3 is 11.1 Å². The summed E-state index contributed by atoms with van der Waals surface area (Å²) in [6.45, 7) is 0. The molecular formula is C22H18N4. The second kappa shape index (κ2) is 5.85. The highest BCUT2D eigenvalue weighted by Gasteiger charge is 2.15. The minimum Gasteiger partial charge on any atom is -0.369 e. The molecule has 0 saturated heterocycles. The maximum absolute atomic E-state index is 6.16. The average molecular weight is 338 g/mol. The molecule has 0 amide bonds. The molecule has 26 heavy (non-hydrogen) atoms. The van der Waals surface area contributed by atoms with E-state index in [9.17, 15) is 0 Å². The van der Waals surface area contributed by atoms with Crippen LogP contribution in [0.4, 0.5) is 11.5 Å². The lowest BCUT2D eigenvalue weighted by atomic mass is 10.0. The van der Waals surface area contributed by atoms with Crippen molar-refractivity contribution in [1.29, 1.82) is 0 Å². The average Bonchev–Trinajstić information content (AvgIpc) is 3.09. The van der Waals surface area contributed by atoms with Gasteiger partial charge in [-0.05, 0) is 53.6 Å². The number of aliphatic imine (C=N–C) groups is 1. The third kappa shape index (κ3) is 2.47. The maximum Gasteiger partial charge on any atom is 0.199 e. The largest absolute Gasteiger partial charge is 0.369 e. The Balaban J connectivity index is 1.51. The number of aromatic nitrogens is 1. The number of nitrogens with zero attached hydrogens (tertiary/aromatic N) is 2. The summed E-state index contributed by atoms with van der Waals surface area (Å²) in [5, 5.41) is 6.89. The highest BCUT2D eigenvalue weighted by Crippen LogP contribution is 2.34. The van der Waals surface area contributed by atoms with Crippen molar-refractivity contribution in [3.63, 3.8) is 0 Å². The molecule has 3 N–H and O–H groups in total. The standard InChI is InChI=1S/C22H18N4/c23-22(26-20-13-11-14-4-1-2-7-18(14)24-20)25-19-12-10-16-9-8-15-5-3-6-17(19)21(15)16/h1-7,10-13H,8-9H2,(H3,23,24,25,26). The summed E-state index contributed by atoms with van der Waals surface area (Å²) in [6, 6.07) is 22.6. The van der Waals surface area contributed by atoms with E-state index in [1.54, 1.807) is 0 Å². The predicted octanol–water partition coefficient (Wildman–Crippen LogP) is 4.54. The molecule has 0 unspecified atom stereocenters. The van der Waals surface area contributed by atoms with Gasteiger partial charge in [0.05, 0.1) is 5.52 Å². The summed E-state index contributed by atoms with van der Waals surface area (Å²) in [5.74, 6) is 0.936. The Morgan fingerprint density at radius 1 is 0.885 bits per heavy atom. The first kappa shape index (κ1) is 14.9. The molecule has 0 fully saturated rings. The van der Waals surface area contributed by atoms with Gasteiger partial charge in [-0.2, -0.15) is 4.99 Å². The molecule has 4 nitrogen and oxygen atoms in total. The van der Waals surface area contributed by atoms with E-state index >= 15 is 0 Å². The summed E-state index contributed by atoms with van der Waals surface area (Å²) in [5.41, 5.74) is 10.9. The van der Waals surface area contributed by atoms with Crippen LogP contribution < -0.4 is 11.1 Å². The van der Waals surface area contributed by atoms with Crippen molar-refractivity contribution in [2.45, 2.75) is 12.8 Å². The van der Waals surface area contributed by atoms with Crippen molar-refractivity contribution in [2.75, 3.05) is 5.32 Å². The molecule has 1 aliphatic carbocycles. The Kier molecular flexibility index (Phi) is 3.35. The van der Waals surface area contributed by atoms with Gasteiger partial charge in [-0.15, -0.1) is 0 Å². The molecule has 126 valence electrons. The summed E-state index contributed by atoms with van der Waals surface area (Å²) >= 11 is 0. The Hall–Kier alpha value is -3.40.